The van der Waals surface area contributed by atoms with E-state index in [0.717, 1.165) is 71.7 Å². The lowest BCUT2D eigenvalue weighted by atomic mass is 9.86. The number of aromatic nitrogens is 2. The summed E-state index contributed by atoms with van der Waals surface area (Å²) < 4.78 is 6.41. The largest absolute Gasteiger partial charge is 0.478 e. The summed E-state index contributed by atoms with van der Waals surface area (Å²) in [6, 6.07) is 13.9. The Kier molecular flexibility index (Phi) is 22.0. The summed E-state index contributed by atoms with van der Waals surface area (Å²) in [6.07, 6.45) is 14.2. The number of aromatic carboxylic acids is 1. The molecule has 330 valence electrons. The van der Waals surface area contributed by atoms with E-state index in [0.29, 0.717) is 23.4 Å². The van der Waals surface area contributed by atoms with Crippen LogP contribution in [-0.4, -0.2) is 50.7 Å². The molecule has 1 aliphatic rings. The van der Waals surface area contributed by atoms with Crippen LogP contribution in [0, 0.1) is 25.2 Å². The number of aryl methyl sites for hydroxylation is 2. The fourth-order valence-electron chi connectivity index (χ4n) is 6.15. The number of rotatable bonds is 14. The standard InChI is InChI=1S/C42H56N6O4.C5H12.C3H8/c1-10-16-31(23-29(5)42(7,8)9)30(6)43-35(11-2)36-22-13-12-20-33(44-36)26-52-38-25-37(39-27(3)17-14-18-28(39)4)45-41(46-38)47-48(51)34-21-15-19-32(24-34)40(49)50;1-4-5(2)3;1-3-2/h11,14-19,21,23-25,33,36,44,51H,10,12-13,20,22,26H2,1-9H3,(H,49,50)(H,45,46,47);5H,4H2,1-3H3;3H2,1-2H3/b29-23+,31-16-,35-11-,43-30-;;. The van der Waals surface area contributed by atoms with Gasteiger partial charge in [0.25, 0.3) is 0 Å². The van der Waals surface area contributed by atoms with E-state index in [-0.39, 0.29) is 34.7 Å². The van der Waals surface area contributed by atoms with Gasteiger partial charge >= 0.3 is 5.97 Å². The number of hydrogen-bond donors (Lipinski definition) is 4. The van der Waals surface area contributed by atoms with E-state index in [9.17, 15) is 15.1 Å². The molecule has 0 amide bonds. The molecule has 0 aliphatic carbocycles. The number of aliphatic imine (C=N–C) groups is 1. The fraction of sp³-hybridized carbons (Fsp3) is 0.520. The Labute approximate surface area is 362 Å². The quantitative estimate of drug-likeness (QED) is 0.0712. The molecule has 1 saturated heterocycles. The van der Waals surface area contributed by atoms with E-state index < -0.39 is 5.97 Å². The molecule has 2 unspecified atom stereocenters. The number of ether oxygens (including phenoxy) is 1. The van der Waals surface area contributed by atoms with Gasteiger partial charge in [-0.25, -0.2) is 15.2 Å². The highest BCUT2D eigenvalue weighted by Crippen LogP contribution is 2.30. The smallest absolute Gasteiger partial charge is 0.335 e. The van der Waals surface area contributed by atoms with Gasteiger partial charge in [0.15, 0.2) is 0 Å². The summed E-state index contributed by atoms with van der Waals surface area (Å²) in [5.74, 6) is 0.229. The molecule has 0 spiro atoms. The molecule has 2 atom stereocenters. The maximum atomic E-state index is 11.5. The first-order valence-corrected chi connectivity index (χ1v) is 21.9. The molecule has 2 heterocycles. The minimum Gasteiger partial charge on any atom is -0.478 e. The van der Waals surface area contributed by atoms with E-state index >= 15 is 0 Å². The average molecular weight is 825 g/mol. The molecule has 10 nitrogen and oxygen atoms in total. The monoisotopic (exact) mass is 825 g/mol. The Hall–Kier alpha value is -4.80. The molecule has 4 N–H and O–H groups in total. The van der Waals surface area contributed by atoms with Crippen LogP contribution >= 0.6 is 0 Å². The van der Waals surface area contributed by atoms with Crippen molar-refractivity contribution >= 4 is 23.3 Å². The minimum absolute atomic E-state index is 0.0362. The molecule has 1 aromatic heterocycles. The zero-order valence-electron chi connectivity index (χ0n) is 39.2. The lowest BCUT2D eigenvalue weighted by molar-refractivity contribution is 0.0697. The van der Waals surface area contributed by atoms with Crippen LogP contribution in [0.4, 0.5) is 11.6 Å². The normalized spacial score (nSPS) is 16.5. The van der Waals surface area contributed by atoms with Crippen molar-refractivity contribution in [3.8, 4) is 17.1 Å². The molecule has 0 radical (unpaired) electrons. The number of hydrazine groups is 1. The van der Waals surface area contributed by atoms with Gasteiger partial charge in [0.05, 0.1) is 22.6 Å². The zero-order valence-corrected chi connectivity index (χ0v) is 39.2. The first kappa shape index (κ1) is 51.3. The van der Waals surface area contributed by atoms with E-state index in [2.05, 4.69) is 117 Å². The lowest BCUT2D eigenvalue weighted by Crippen LogP contribution is -2.41. The molecule has 1 fully saturated rings. The predicted octanol–water partition coefficient (Wildman–Crippen LogP) is 13.1. The number of carbonyl (C=O) groups is 1. The van der Waals surface area contributed by atoms with Crippen molar-refractivity contribution in [3.63, 3.8) is 0 Å². The first-order chi connectivity index (χ1) is 28.4. The first-order valence-electron chi connectivity index (χ1n) is 21.9. The van der Waals surface area contributed by atoms with Crippen molar-refractivity contribution in [2.75, 3.05) is 17.2 Å². The van der Waals surface area contributed by atoms with Crippen LogP contribution in [0.3, 0.4) is 0 Å². The highest BCUT2D eigenvalue weighted by molar-refractivity contribution is 6.01. The Morgan fingerprint density at radius 3 is 2.20 bits per heavy atom. The maximum Gasteiger partial charge on any atom is 0.335 e. The molecule has 10 heteroatoms. The van der Waals surface area contributed by atoms with Gasteiger partial charge in [0, 0.05) is 29.4 Å². The van der Waals surface area contributed by atoms with Crippen LogP contribution in [0.25, 0.3) is 11.3 Å². The van der Waals surface area contributed by atoms with Gasteiger partial charge < -0.3 is 15.2 Å². The third kappa shape index (κ3) is 17.1. The summed E-state index contributed by atoms with van der Waals surface area (Å²) in [7, 11) is 0. The van der Waals surface area contributed by atoms with Crippen molar-refractivity contribution in [3.05, 3.63) is 100 Å². The van der Waals surface area contributed by atoms with Crippen LogP contribution in [0.15, 0.2) is 88.6 Å². The van der Waals surface area contributed by atoms with Gasteiger partial charge in [-0.1, -0.05) is 136 Å². The van der Waals surface area contributed by atoms with Crippen molar-refractivity contribution in [1.29, 1.82) is 0 Å². The van der Waals surface area contributed by atoms with Crippen molar-refractivity contribution in [2.24, 2.45) is 16.3 Å². The van der Waals surface area contributed by atoms with Gasteiger partial charge in [-0.2, -0.15) is 10.2 Å². The Morgan fingerprint density at radius 1 is 1.02 bits per heavy atom. The van der Waals surface area contributed by atoms with Gasteiger partial charge in [-0.05, 0) is 100 Å². The average Bonchev–Trinajstić information content (AvgIpc) is 3.44. The van der Waals surface area contributed by atoms with Crippen molar-refractivity contribution in [1.82, 2.24) is 15.3 Å². The molecule has 0 bridgehead atoms. The summed E-state index contributed by atoms with van der Waals surface area (Å²) in [5, 5.41) is 24.9. The SMILES string of the molecule is CCC.CCC(C)C.C\C=C(/N=C(C)\C(=C/CC)\C=C(/C)C(C)(C)C)C1CCCCC(COc2cc(-c3c(C)cccc3C)nc(NN(O)c3cccc(C(=O)O)c3)n2)N1. The molecule has 3 aromatic rings. The summed E-state index contributed by atoms with van der Waals surface area (Å²) in [6.45, 7) is 30.5. The second-order valence-electron chi connectivity index (χ2n) is 17.0. The van der Waals surface area contributed by atoms with Crippen LogP contribution in [0.1, 0.15) is 150 Å². The fourth-order valence-corrected chi connectivity index (χ4v) is 6.15. The third-order valence-corrected chi connectivity index (χ3v) is 10.3. The molecule has 60 heavy (non-hydrogen) atoms. The van der Waals surface area contributed by atoms with Crippen LogP contribution in [0.5, 0.6) is 5.88 Å². The number of carboxylic acid groups (broad SMARTS) is 1. The Balaban J connectivity index is 0.00000142. The maximum absolute atomic E-state index is 11.5. The number of nitrogens with zero attached hydrogens (tertiary/aromatic N) is 4. The molecule has 4 rings (SSSR count). The highest BCUT2D eigenvalue weighted by atomic mass is 16.5. The number of nitrogens with one attached hydrogen (secondary N) is 2. The van der Waals surface area contributed by atoms with E-state index in [1.807, 2.05) is 38.1 Å². The van der Waals surface area contributed by atoms with Gasteiger partial charge in [0.1, 0.15) is 6.61 Å². The number of benzene rings is 2. The number of allylic oxidation sites excluding steroid dienone is 5. The van der Waals surface area contributed by atoms with E-state index in [1.165, 1.54) is 30.5 Å². The molecule has 1 aliphatic heterocycles. The number of anilines is 2. The number of carboxylic acids is 1. The topological polar surface area (TPSA) is 132 Å². The van der Waals surface area contributed by atoms with E-state index in [4.69, 9.17) is 14.7 Å². The predicted molar refractivity (Wildman–Crippen MR) is 252 cm³/mol. The Morgan fingerprint density at radius 2 is 1.63 bits per heavy atom. The lowest BCUT2D eigenvalue weighted by Gasteiger charge is -2.24. The van der Waals surface area contributed by atoms with Crippen LogP contribution < -0.4 is 20.7 Å². The molecular formula is C50H76N6O4. The zero-order chi connectivity index (χ0) is 45.0. The summed E-state index contributed by atoms with van der Waals surface area (Å²) in [4.78, 5) is 26.0. The van der Waals surface area contributed by atoms with Crippen LogP contribution in [0.2, 0.25) is 0 Å². The number of hydrogen-bond acceptors (Lipinski definition) is 9. The van der Waals surface area contributed by atoms with Crippen molar-refractivity contribution in [2.45, 2.75) is 154 Å². The summed E-state index contributed by atoms with van der Waals surface area (Å²) >= 11 is 0. The van der Waals surface area contributed by atoms with Gasteiger partial charge in [-0.15, -0.1) is 0 Å². The summed E-state index contributed by atoms with van der Waals surface area (Å²) in [5.41, 5.74) is 11.3. The third-order valence-electron chi connectivity index (χ3n) is 10.3. The molecule has 0 saturated carbocycles. The Bertz CT molecular complexity index is 1900. The second-order valence-corrected chi connectivity index (χ2v) is 17.0. The molecule has 2 aromatic carbocycles. The highest BCUT2D eigenvalue weighted by Gasteiger charge is 2.24. The molecular weight excluding hydrogens is 749 g/mol. The van der Waals surface area contributed by atoms with Gasteiger partial charge in [-0.3, -0.25) is 10.2 Å². The van der Waals surface area contributed by atoms with Gasteiger partial charge in [0.2, 0.25) is 11.8 Å². The minimum atomic E-state index is -1.10. The van der Waals surface area contributed by atoms with E-state index in [1.54, 1.807) is 12.1 Å². The van der Waals surface area contributed by atoms with Crippen LogP contribution in [-0.2, 0) is 0 Å². The second kappa shape index (κ2) is 25.7. The van der Waals surface area contributed by atoms with Crippen molar-refractivity contribution < 1.29 is 19.8 Å².